The highest BCUT2D eigenvalue weighted by Gasteiger charge is 2.30. The maximum absolute atomic E-state index is 12.6. The fourth-order valence-electron chi connectivity index (χ4n) is 3.73. The summed E-state index contributed by atoms with van der Waals surface area (Å²) in [6, 6.07) is 3.36. The van der Waals surface area contributed by atoms with Gasteiger partial charge in [0.05, 0.1) is 3.79 Å². The number of nitrogens with zero attached hydrogens (tertiary/aromatic N) is 1. The van der Waals surface area contributed by atoms with Gasteiger partial charge < -0.3 is 4.90 Å². The minimum absolute atomic E-state index is 0.138. The number of carbonyl (C=O) groups is 1. The zero-order chi connectivity index (χ0) is 17.9. The van der Waals surface area contributed by atoms with Crippen LogP contribution in [0.15, 0.2) is 20.1 Å². The topological polar surface area (TPSA) is 66.5 Å². The Bertz CT molecular complexity index is 691. The monoisotopic (exact) mass is 448 g/mol. The van der Waals surface area contributed by atoms with E-state index < -0.39 is 10.0 Å². The van der Waals surface area contributed by atoms with Crippen LogP contribution < -0.4 is 4.72 Å². The SMILES string of the molecule is O=C(C1CCC(CNS(=O)(=O)c2ccc(Br)s2)CC1)N1CCCCC1. The molecule has 1 saturated carbocycles. The van der Waals surface area contributed by atoms with Crippen molar-refractivity contribution in [3.8, 4) is 0 Å². The summed E-state index contributed by atoms with van der Waals surface area (Å²) in [6.45, 7) is 2.28. The minimum Gasteiger partial charge on any atom is -0.342 e. The van der Waals surface area contributed by atoms with Gasteiger partial charge in [-0.15, -0.1) is 11.3 Å². The number of amides is 1. The number of rotatable bonds is 5. The zero-order valence-electron chi connectivity index (χ0n) is 14.2. The molecule has 2 fully saturated rings. The number of thiophene rings is 1. The Hall–Kier alpha value is -0.440. The second-order valence-corrected chi connectivity index (χ2v) is 11.5. The van der Waals surface area contributed by atoms with Gasteiger partial charge in [0, 0.05) is 25.6 Å². The van der Waals surface area contributed by atoms with Crippen molar-refractivity contribution in [3.63, 3.8) is 0 Å². The van der Waals surface area contributed by atoms with Crippen molar-refractivity contribution in [2.75, 3.05) is 19.6 Å². The maximum atomic E-state index is 12.6. The molecule has 1 aliphatic carbocycles. The van der Waals surface area contributed by atoms with Crippen LogP contribution in [0.2, 0.25) is 0 Å². The Kier molecular flexibility index (Phi) is 6.57. The predicted molar refractivity (Wildman–Crippen MR) is 103 cm³/mol. The first-order chi connectivity index (χ1) is 12.0. The van der Waals surface area contributed by atoms with Crippen LogP contribution in [0.5, 0.6) is 0 Å². The third kappa shape index (κ3) is 5.05. The van der Waals surface area contributed by atoms with Crippen LogP contribution >= 0.6 is 27.3 Å². The van der Waals surface area contributed by atoms with E-state index in [4.69, 9.17) is 0 Å². The van der Waals surface area contributed by atoms with E-state index in [9.17, 15) is 13.2 Å². The Balaban J connectivity index is 1.45. The van der Waals surface area contributed by atoms with E-state index in [-0.39, 0.29) is 5.92 Å². The summed E-state index contributed by atoms with van der Waals surface area (Å²) in [5.74, 6) is 0.782. The number of hydrogen-bond donors (Lipinski definition) is 1. The molecule has 0 radical (unpaired) electrons. The summed E-state index contributed by atoms with van der Waals surface area (Å²) in [6.07, 6.45) is 7.08. The van der Waals surface area contributed by atoms with Crippen LogP contribution in [-0.4, -0.2) is 38.9 Å². The normalized spacial score (nSPS) is 25.1. The lowest BCUT2D eigenvalue weighted by atomic mass is 9.81. The van der Waals surface area contributed by atoms with Crippen molar-refractivity contribution in [1.29, 1.82) is 0 Å². The Morgan fingerprint density at radius 1 is 1.16 bits per heavy atom. The summed E-state index contributed by atoms with van der Waals surface area (Å²) in [5, 5.41) is 0. The predicted octanol–water partition coefficient (Wildman–Crippen LogP) is 3.61. The van der Waals surface area contributed by atoms with Gasteiger partial charge in [0.2, 0.25) is 15.9 Å². The van der Waals surface area contributed by atoms with E-state index in [2.05, 4.69) is 20.7 Å². The van der Waals surface area contributed by atoms with Gasteiger partial charge in [0.25, 0.3) is 0 Å². The number of likely N-dealkylation sites (tertiary alicyclic amines) is 1. The fourth-order valence-corrected chi connectivity index (χ4v) is 6.90. The van der Waals surface area contributed by atoms with Crippen LogP contribution in [0.1, 0.15) is 44.9 Å². The molecule has 1 aliphatic heterocycles. The molecule has 2 aliphatic rings. The maximum Gasteiger partial charge on any atom is 0.250 e. The quantitative estimate of drug-likeness (QED) is 0.747. The molecule has 0 spiro atoms. The average Bonchev–Trinajstić information content (AvgIpc) is 3.08. The highest BCUT2D eigenvalue weighted by atomic mass is 79.9. The van der Waals surface area contributed by atoms with Gasteiger partial charge in [-0.25, -0.2) is 13.1 Å². The van der Waals surface area contributed by atoms with Crippen molar-refractivity contribution in [3.05, 3.63) is 15.9 Å². The van der Waals surface area contributed by atoms with Gasteiger partial charge in [-0.2, -0.15) is 0 Å². The lowest BCUT2D eigenvalue weighted by molar-refractivity contribution is -0.137. The van der Waals surface area contributed by atoms with Crippen LogP contribution in [-0.2, 0) is 14.8 Å². The van der Waals surface area contributed by atoms with Crippen LogP contribution in [0.4, 0.5) is 0 Å². The molecule has 0 bridgehead atoms. The molecule has 1 aromatic heterocycles. The summed E-state index contributed by atoms with van der Waals surface area (Å²) in [4.78, 5) is 14.6. The van der Waals surface area contributed by atoms with E-state index in [0.717, 1.165) is 55.4 Å². The molecule has 140 valence electrons. The average molecular weight is 449 g/mol. The second-order valence-electron chi connectivity index (χ2n) is 7.01. The first-order valence-corrected chi connectivity index (χ1v) is 12.1. The van der Waals surface area contributed by atoms with Crippen molar-refractivity contribution in [2.45, 2.75) is 49.2 Å². The van der Waals surface area contributed by atoms with Gasteiger partial charge in [-0.3, -0.25) is 4.79 Å². The van der Waals surface area contributed by atoms with Crippen molar-refractivity contribution >= 4 is 43.2 Å². The van der Waals surface area contributed by atoms with Gasteiger partial charge >= 0.3 is 0 Å². The molecule has 1 N–H and O–H groups in total. The third-order valence-electron chi connectivity index (χ3n) is 5.24. The molecule has 5 nitrogen and oxygen atoms in total. The summed E-state index contributed by atoms with van der Waals surface area (Å²) < 4.78 is 28.5. The molecule has 0 aromatic carbocycles. The number of halogens is 1. The molecule has 1 amide bonds. The number of carbonyl (C=O) groups excluding carboxylic acids is 1. The highest BCUT2D eigenvalue weighted by molar-refractivity contribution is 9.11. The number of hydrogen-bond acceptors (Lipinski definition) is 4. The molecule has 8 heteroatoms. The molecule has 2 heterocycles. The second kappa shape index (κ2) is 8.50. The van der Waals surface area contributed by atoms with E-state index in [1.165, 1.54) is 17.8 Å². The molecular weight excluding hydrogens is 424 g/mol. The molecule has 3 rings (SSSR count). The highest BCUT2D eigenvalue weighted by Crippen LogP contribution is 2.31. The Morgan fingerprint density at radius 3 is 2.44 bits per heavy atom. The van der Waals surface area contributed by atoms with Gasteiger partial charge in [-0.1, -0.05) is 0 Å². The van der Waals surface area contributed by atoms with E-state index in [1.54, 1.807) is 12.1 Å². The Labute approximate surface area is 162 Å². The van der Waals surface area contributed by atoms with Crippen LogP contribution in [0.25, 0.3) is 0 Å². The van der Waals surface area contributed by atoms with Crippen molar-refractivity contribution in [2.24, 2.45) is 11.8 Å². The molecular formula is C17H25BrN2O3S2. The first-order valence-electron chi connectivity index (χ1n) is 8.99. The summed E-state index contributed by atoms with van der Waals surface area (Å²) in [7, 11) is -3.42. The molecule has 0 atom stereocenters. The first kappa shape index (κ1) is 19.3. The number of piperidine rings is 1. The molecule has 25 heavy (non-hydrogen) atoms. The standard InChI is InChI=1S/C17H25BrN2O3S2/c18-15-8-9-16(24-15)25(22,23)19-12-13-4-6-14(7-5-13)17(21)20-10-2-1-3-11-20/h8-9,13-14,19H,1-7,10-12H2. The number of sulfonamides is 1. The molecule has 1 aromatic rings. The minimum atomic E-state index is -3.42. The smallest absolute Gasteiger partial charge is 0.250 e. The van der Waals surface area contributed by atoms with Gasteiger partial charge in [-0.05, 0) is 78.9 Å². The summed E-state index contributed by atoms with van der Waals surface area (Å²) in [5.41, 5.74) is 0. The number of nitrogens with one attached hydrogen (secondary N) is 1. The largest absolute Gasteiger partial charge is 0.342 e. The van der Waals surface area contributed by atoms with Crippen molar-refractivity contribution in [1.82, 2.24) is 9.62 Å². The van der Waals surface area contributed by atoms with Gasteiger partial charge in [0.1, 0.15) is 4.21 Å². The van der Waals surface area contributed by atoms with E-state index in [0.29, 0.717) is 22.6 Å². The Morgan fingerprint density at radius 2 is 1.84 bits per heavy atom. The van der Waals surface area contributed by atoms with E-state index in [1.807, 2.05) is 4.90 Å². The van der Waals surface area contributed by atoms with Crippen LogP contribution in [0, 0.1) is 11.8 Å². The lowest BCUT2D eigenvalue weighted by Gasteiger charge is -2.34. The van der Waals surface area contributed by atoms with Gasteiger partial charge in [0.15, 0.2) is 0 Å². The lowest BCUT2D eigenvalue weighted by Crippen LogP contribution is -2.41. The van der Waals surface area contributed by atoms with Crippen LogP contribution in [0.3, 0.4) is 0 Å². The third-order valence-corrected chi connectivity index (χ3v) is 8.78. The zero-order valence-corrected chi connectivity index (χ0v) is 17.5. The molecule has 0 unspecified atom stereocenters. The van der Waals surface area contributed by atoms with E-state index >= 15 is 0 Å². The summed E-state index contributed by atoms with van der Waals surface area (Å²) >= 11 is 4.51. The fraction of sp³-hybridized carbons (Fsp3) is 0.706. The molecule has 1 saturated heterocycles. The van der Waals surface area contributed by atoms with Crippen molar-refractivity contribution < 1.29 is 13.2 Å².